The van der Waals surface area contributed by atoms with Crippen LogP contribution in [-0.2, 0) is 0 Å². The zero-order chi connectivity index (χ0) is 6.43. The van der Waals surface area contributed by atoms with Crippen LogP contribution in [0.25, 0.3) is 0 Å². The number of nitrogens with two attached hydrogens (primary N) is 1. The molecule has 0 aliphatic heterocycles. The Morgan fingerprint density at radius 3 is 2.33 bits per heavy atom. The predicted molar refractivity (Wildman–Crippen MR) is 36.5 cm³/mol. The van der Waals surface area contributed by atoms with Crippen LogP contribution in [0.2, 0.25) is 0 Å². The van der Waals surface area contributed by atoms with Gasteiger partial charge in [-0.3, -0.25) is 0 Å². The summed E-state index contributed by atoms with van der Waals surface area (Å²) < 4.78 is 0. The molecule has 2 fully saturated rings. The van der Waals surface area contributed by atoms with Crippen molar-refractivity contribution in [2.24, 2.45) is 23.5 Å². The van der Waals surface area contributed by atoms with Gasteiger partial charge in [-0.05, 0) is 36.8 Å². The van der Waals surface area contributed by atoms with Gasteiger partial charge in [-0.1, -0.05) is 0 Å². The van der Waals surface area contributed by atoms with E-state index in [1.165, 1.54) is 12.8 Å². The summed E-state index contributed by atoms with van der Waals surface area (Å²) in [5.41, 5.74) is 5.70. The van der Waals surface area contributed by atoms with Crippen molar-refractivity contribution in [1.82, 2.24) is 0 Å². The van der Waals surface area contributed by atoms with Crippen LogP contribution in [0.1, 0.15) is 12.8 Å². The molecule has 9 heavy (non-hydrogen) atoms. The predicted octanol–water partition coefficient (Wildman–Crippen LogP) is 0.619. The Labute approximate surface area is 54.9 Å². The van der Waals surface area contributed by atoms with Crippen LogP contribution >= 0.6 is 0 Å². The number of rotatable bonds is 1. The van der Waals surface area contributed by atoms with Crippen molar-refractivity contribution in [3.8, 4) is 0 Å². The van der Waals surface area contributed by atoms with Crippen LogP contribution in [0.15, 0.2) is 0 Å². The van der Waals surface area contributed by atoms with Gasteiger partial charge in [-0.2, -0.15) is 0 Å². The van der Waals surface area contributed by atoms with Crippen LogP contribution in [0, 0.1) is 23.2 Å². The van der Waals surface area contributed by atoms with Crippen LogP contribution in [0.5, 0.6) is 0 Å². The van der Waals surface area contributed by atoms with Gasteiger partial charge in [0.1, 0.15) is 0 Å². The van der Waals surface area contributed by atoms with E-state index in [1.807, 2.05) is 0 Å². The Bertz CT molecular complexity index is 132. The highest BCUT2D eigenvalue weighted by molar-refractivity contribution is 5.62. The molecule has 2 nitrogen and oxygen atoms in total. The quantitative estimate of drug-likeness (QED) is 0.495. The average molecular weight is 124 g/mol. The van der Waals surface area contributed by atoms with Crippen molar-refractivity contribution in [3.05, 3.63) is 0 Å². The molecule has 0 aromatic heterocycles. The fourth-order valence-electron chi connectivity index (χ4n) is 2.18. The van der Waals surface area contributed by atoms with Gasteiger partial charge in [0, 0.05) is 6.04 Å². The summed E-state index contributed by atoms with van der Waals surface area (Å²) in [4.78, 5) is 0. The molecule has 0 saturated heterocycles. The van der Waals surface area contributed by atoms with E-state index in [-0.39, 0.29) is 0 Å². The Kier molecular flexibility index (Phi) is 0.943. The third kappa shape index (κ3) is 0.628. The molecule has 2 rings (SSSR count). The third-order valence-corrected chi connectivity index (χ3v) is 2.74. The Morgan fingerprint density at radius 1 is 1.33 bits per heavy atom. The zero-order valence-corrected chi connectivity index (χ0v) is 5.38. The topological polar surface area (TPSA) is 49.9 Å². The Morgan fingerprint density at radius 2 is 1.89 bits per heavy atom. The lowest BCUT2D eigenvalue weighted by Gasteiger charge is -2.03. The summed E-state index contributed by atoms with van der Waals surface area (Å²) in [6.45, 7) is 0. The number of hydrogen-bond donors (Lipinski definition) is 2. The number of hydrogen-bond acceptors (Lipinski definition) is 2. The van der Waals surface area contributed by atoms with Crippen molar-refractivity contribution >= 4 is 6.21 Å². The van der Waals surface area contributed by atoms with Gasteiger partial charge in [0.2, 0.25) is 0 Å². The molecule has 0 bridgehead atoms. The largest absolute Gasteiger partial charge is 0.328 e. The third-order valence-electron chi connectivity index (χ3n) is 2.74. The van der Waals surface area contributed by atoms with Crippen molar-refractivity contribution < 1.29 is 0 Å². The molecule has 2 heteroatoms. The van der Waals surface area contributed by atoms with E-state index < -0.39 is 0 Å². The monoisotopic (exact) mass is 124 g/mol. The Hall–Kier alpha value is -0.370. The molecule has 2 aliphatic rings. The lowest BCUT2D eigenvalue weighted by atomic mass is 10.1. The first-order valence-electron chi connectivity index (χ1n) is 3.59. The van der Waals surface area contributed by atoms with E-state index in [9.17, 15) is 0 Å². The fraction of sp³-hybridized carbons (Fsp3) is 0.857. The van der Waals surface area contributed by atoms with E-state index >= 15 is 0 Å². The molecule has 0 unspecified atom stereocenters. The first-order valence-corrected chi connectivity index (χ1v) is 3.59. The van der Waals surface area contributed by atoms with Crippen LogP contribution in [0.4, 0.5) is 0 Å². The van der Waals surface area contributed by atoms with Gasteiger partial charge in [0.25, 0.3) is 0 Å². The standard InChI is InChI=1S/C7H12N2/c8-3-7-5-1-4(9)2-6(5)7/h3-8H,1-2,9H2/t4-,5-,6+,7+. The van der Waals surface area contributed by atoms with Gasteiger partial charge in [-0.15, -0.1) is 0 Å². The first kappa shape index (κ1) is 5.42. The minimum atomic E-state index is 0.455. The highest BCUT2D eigenvalue weighted by Gasteiger charge is 2.53. The van der Waals surface area contributed by atoms with Crippen LogP contribution in [-0.4, -0.2) is 12.3 Å². The summed E-state index contributed by atoms with van der Waals surface area (Å²) in [5, 5.41) is 7.02. The maximum absolute atomic E-state index is 7.02. The maximum atomic E-state index is 7.02. The van der Waals surface area contributed by atoms with Crippen LogP contribution < -0.4 is 5.73 Å². The molecule has 50 valence electrons. The van der Waals surface area contributed by atoms with Gasteiger partial charge in [0.05, 0.1) is 0 Å². The minimum Gasteiger partial charge on any atom is -0.328 e. The molecule has 0 aromatic rings. The van der Waals surface area contributed by atoms with Gasteiger partial charge >= 0.3 is 0 Å². The summed E-state index contributed by atoms with van der Waals surface area (Å²) in [5.74, 6) is 2.22. The molecular weight excluding hydrogens is 112 g/mol. The van der Waals surface area contributed by atoms with Crippen molar-refractivity contribution in [2.75, 3.05) is 0 Å². The SMILES string of the molecule is N=C[C@@H]1[C@H]2C[C@H](N)C[C@@H]12. The zero-order valence-electron chi connectivity index (χ0n) is 5.38. The first-order chi connectivity index (χ1) is 4.33. The highest BCUT2D eigenvalue weighted by atomic mass is 14.7. The molecule has 0 spiro atoms. The number of nitrogens with one attached hydrogen (secondary N) is 1. The van der Waals surface area contributed by atoms with Crippen molar-refractivity contribution in [3.63, 3.8) is 0 Å². The van der Waals surface area contributed by atoms with E-state index in [4.69, 9.17) is 11.1 Å². The van der Waals surface area contributed by atoms with Crippen molar-refractivity contribution in [1.29, 1.82) is 5.41 Å². The molecular formula is C7H12N2. The molecule has 4 atom stereocenters. The van der Waals surface area contributed by atoms with Crippen LogP contribution in [0.3, 0.4) is 0 Å². The van der Waals surface area contributed by atoms with E-state index in [1.54, 1.807) is 6.21 Å². The maximum Gasteiger partial charge on any atom is 0.00447 e. The van der Waals surface area contributed by atoms with E-state index in [0.717, 1.165) is 11.8 Å². The van der Waals surface area contributed by atoms with Gasteiger partial charge in [0.15, 0.2) is 0 Å². The number of fused-ring (bicyclic) bond motifs is 1. The second-order valence-electron chi connectivity index (χ2n) is 3.30. The molecule has 3 N–H and O–H groups in total. The van der Waals surface area contributed by atoms with Gasteiger partial charge in [-0.25, -0.2) is 0 Å². The van der Waals surface area contributed by atoms with Gasteiger partial charge < -0.3 is 11.1 Å². The summed E-state index contributed by atoms with van der Waals surface area (Å²) in [6.07, 6.45) is 3.94. The minimum absolute atomic E-state index is 0.455. The molecule has 0 aromatic carbocycles. The van der Waals surface area contributed by atoms with E-state index in [2.05, 4.69) is 0 Å². The Balaban J connectivity index is 1.98. The second-order valence-corrected chi connectivity index (χ2v) is 3.30. The highest BCUT2D eigenvalue weighted by Crippen LogP contribution is 2.55. The molecule has 0 radical (unpaired) electrons. The molecule has 0 heterocycles. The fourth-order valence-corrected chi connectivity index (χ4v) is 2.18. The average Bonchev–Trinajstić information content (AvgIpc) is 2.30. The lowest BCUT2D eigenvalue weighted by Crippen LogP contribution is -2.18. The smallest absolute Gasteiger partial charge is 0.00447 e. The molecule has 2 aliphatic carbocycles. The summed E-state index contributed by atoms with van der Waals surface area (Å²) in [6, 6.07) is 0.455. The molecule has 2 saturated carbocycles. The summed E-state index contributed by atoms with van der Waals surface area (Å²) in [7, 11) is 0. The molecule has 0 amide bonds. The second kappa shape index (κ2) is 1.57. The van der Waals surface area contributed by atoms with E-state index in [0.29, 0.717) is 12.0 Å². The lowest BCUT2D eigenvalue weighted by molar-refractivity contribution is 0.586. The normalized spacial score (nSPS) is 54.8. The summed E-state index contributed by atoms with van der Waals surface area (Å²) >= 11 is 0. The van der Waals surface area contributed by atoms with Crippen molar-refractivity contribution in [2.45, 2.75) is 18.9 Å².